The lowest BCUT2D eigenvalue weighted by atomic mass is 9.41. The number of fused-ring (bicyclic) bond motifs is 15. The number of thiophene rings is 1. The van der Waals surface area contributed by atoms with E-state index in [1.807, 2.05) is 11.3 Å². The smallest absolute Gasteiger partial charge is 0.330 e. The third-order valence-electron chi connectivity index (χ3n) is 16.4. The average Bonchev–Trinajstić information content (AvgIpc) is 3.85. The highest BCUT2D eigenvalue weighted by Crippen LogP contribution is 2.65. The molecule has 0 amide bonds. The lowest BCUT2D eigenvalue weighted by molar-refractivity contribution is 0.199. The van der Waals surface area contributed by atoms with Gasteiger partial charge in [-0.3, -0.25) is 0 Å². The molecule has 7 aromatic carbocycles. The summed E-state index contributed by atoms with van der Waals surface area (Å²) in [5.41, 5.74) is 22.4. The molecule has 4 heteroatoms. The standard InChI is InChI=1S/C57H51BN2S/c1-6-7-18-35-27-29-45(41(33-35)36-19-9-8-10-20-36)59-46-30-28-39-38-22-12-14-26-48(38)61-54(39)52(46)58-51-47(59)34-42-37-21-11-13-24-43(37)55(2,3)50(42)49(51)40-23-17-25-44-53(40)60(58)57(5)32-16-15-31-56(44,57)4/h8-14,17,19-30,33-34H,6-7,15-16,18,31-32H2,1-5H3. The molecule has 3 aliphatic heterocycles. The molecule has 298 valence electrons. The molecule has 5 aliphatic rings. The van der Waals surface area contributed by atoms with Crippen LogP contribution < -0.4 is 20.6 Å². The zero-order valence-electron chi connectivity index (χ0n) is 36.0. The molecule has 13 rings (SSSR count). The van der Waals surface area contributed by atoms with Crippen LogP contribution >= 0.6 is 11.3 Å². The first kappa shape index (κ1) is 36.1. The van der Waals surface area contributed by atoms with Crippen LogP contribution in [-0.4, -0.2) is 12.4 Å². The number of aryl methyl sites for hydroxylation is 1. The van der Waals surface area contributed by atoms with E-state index in [9.17, 15) is 0 Å². The largest absolute Gasteiger partial charge is 0.400 e. The molecule has 2 nitrogen and oxygen atoms in total. The molecule has 2 unspecified atom stereocenters. The van der Waals surface area contributed by atoms with Gasteiger partial charge >= 0.3 is 6.85 Å². The van der Waals surface area contributed by atoms with Crippen LogP contribution in [0.2, 0.25) is 0 Å². The van der Waals surface area contributed by atoms with Crippen LogP contribution in [0.3, 0.4) is 0 Å². The summed E-state index contributed by atoms with van der Waals surface area (Å²) in [4.78, 5) is 5.75. The van der Waals surface area contributed by atoms with Gasteiger partial charge in [0.05, 0.1) is 5.69 Å². The molecule has 1 aromatic heterocycles. The fourth-order valence-corrected chi connectivity index (χ4v) is 14.6. The summed E-state index contributed by atoms with van der Waals surface area (Å²) >= 11 is 2.01. The third kappa shape index (κ3) is 4.49. The normalized spacial score (nSPS) is 21.0. The Bertz CT molecular complexity index is 3180. The summed E-state index contributed by atoms with van der Waals surface area (Å²) in [6.07, 6.45) is 8.42. The zero-order chi connectivity index (χ0) is 41.0. The van der Waals surface area contributed by atoms with Gasteiger partial charge < -0.3 is 9.71 Å². The molecule has 2 aliphatic carbocycles. The van der Waals surface area contributed by atoms with Crippen molar-refractivity contribution in [2.24, 2.45) is 0 Å². The minimum Gasteiger partial charge on any atom is -0.400 e. The molecule has 4 heterocycles. The zero-order valence-corrected chi connectivity index (χ0v) is 36.8. The molecule has 0 saturated heterocycles. The van der Waals surface area contributed by atoms with E-state index in [4.69, 9.17) is 0 Å². The van der Waals surface area contributed by atoms with E-state index in [0.29, 0.717) is 0 Å². The highest BCUT2D eigenvalue weighted by Gasteiger charge is 2.64. The van der Waals surface area contributed by atoms with Crippen LogP contribution in [-0.2, 0) is 17.3 Å². The molecule has 1 fully saturated rings. The Hall–Kier alpha value is -5.58. The number of nitrogens with zero attached hydrogens (tertiary/aromatic N) is 2. The molecule has 0 bridgehead atoms. The van der Waals surface area contributed by atoms with E-state index >= 15 is 0 Å². The van der Waals surface area contributed by atoms with Crippen molar-refractivity contribution in [1.82, 2.24) is 0 Å². The Morgan fingerprint density at radius 1 is 0.623 bits per heavy atom. The van der Waals surface area contributed by atoms with Gasteiger partial charge in [0.15, 0.2) is 0 Å². The van der Waals surface area contributed by atoms with Crippen LogP contribution in [0.25, 0.3) is 53.6 Å². The van der Waals surface area contributed by atoms with Crippen molar-refractivity contribution in [3.63, 3.8) is 0 Å². The van der Waals surface area contributed by atoms with Crippen molar-refractivity contribution in [3.05, 3.63) is 156 Å². The quantitative estimate of drug-likeness (QED) is 0.160. The SMILES string of the molecule is CCCCc1ccc(N2c3cc4c(c5c3B(c3c2ccc2c3sc3ccccc32)N2c3c-5cccc3C3(C)CCCCC23C)C(C)(C)c2ccccc2-4)c(-c2ccccc2)c1. The Kier molecular flexibility index (Phi) is 7.41. The lowest BCUT2D eigenvalue weighted by Crippen LogP contribution is -2.71. The lowest BCUT2D eigenvalue weighted by Gasteiger charge is -2.55. The first-order valence-electron chi connectivity index (χ1n) is 22.9. The summed E-state index contributed by atoms with van der Waals surface area (Å²) in [6, 6.07) is 52.0. The monoisotopic (exact) mass is 806 g/mol. The van der Waals surface area contributed by atoms with Crippen molar-refractivity contribution >= 4 is 72.0 Å². The van der Waals surface area contributed by atoms with Crippen molar-refractivity contribution in [2.75, 3.05) is 9.71 Å². The number of anilines is 4. The van der Waals surface area contributed by atoms with E-state index in [-0.39, 0.29) is 23.2 Å². The van der Waals surface area contributed by atoms with E-state index in [0.717, 1.165) is 6.42 Å². The topological polar surface area (TPSA) is 6.48 Å². The molecule has 8 aromatic rings. The van der Waals surface area contributed by atoms with E-state index in [1.165, 1.54) is 142 Å². The fourth-order valence-electron chi connectivity index (χ4n) is 13.3. The van der Waals surface area contributed by atoms with Crippen molar-refractivity contribution < 1.29 is 0 Å². The summed E-state index contributed by atoms with van der Waals surface area (Å²) in [6.45, 7) is 12.6. The number of benzene rings is 7. The molecular formula is C57H51BN2S. The maximum atomic E-state index is 3.02. The van der Waals surface area contributed by atoms with E-state index < -0.39 is 0 Å². The maximum absolute atomic E-state index is 3.02. The first-order chi connectivity index (χ1) is 29.7. The van der Waals surface area contributed by atoms with E-state index in [1.54, 1.807) is 5.56 Å². The predicted octanol–water partition coefficient (Wildman–Crippen LogP) is 14.4. The molecule has 2 atom stereocenters. The van der Waals surface area contributed by atoms with Gasteiger partial charge in [-0.25, -0.2) is 0 Å². The second-order valence-corrected chi connectivity index (χ2v) is 20.7. The van der Waals surface area contributed by atoms with Crippen molar-refractivity contribution in [2.45, 2.75) is 95.9 Å². The molecular weight excluding hydrogens is 756 g/mol. The highest BCUT2D eigenvalue weighted by molar-refractivity contribution is 7.27. The minimum atomic E-state index is -0.171. The van der Waals surface area contributed by atoms with Crippen LogP contribution in [0.5, 0.6) is 0 Å². The number of hydrogen-bond acceptors (Lipinski definition) is 3. The molecule has 0 radical (unpaired) electrons. The van der Waals surface area contributed by atoms with Gasteiger partial charge in [-0.1, -0.05) is 150 Å². The first-order valence-corrected chi connectivity index (χ1v) is 23.7. The second kappa shape index (κ2) is 12.5. The minimum absolute atomic E-state index is 0.0423. The Morgan fingerprint density at radius 3 is 2.25 bits per heavy atom. The predicted molar refractivity (Wildman–Crippen MR) is 263 cm³/mol. The molecule has 61 heavy (non-hydrogen) atoms. The van der Waals surface area contributed by atoms with Gasteiger partial charge in [-0.2, -0.15) is 0 Å². The maximum Gasteiger partial charge on any atom is 0.330 e. The van der Waals surface area contributed by atoms with Crippen LogP contribution in [0, 0.1) is 0 Å². The number of unbranched alkanes of at least 4 members (excludes halogenated alkanes) is 1. The number of para-hydroxylation sites is 1. The van der Waals surface area contributed by atoms with Crippen LogP contribution in [0.15, 0.2) is 133 Å². The Labute approximate surface area is 365 Å². The average molecular weight is 807 g/mol. The van der Waals surface area contributed by atoms with Gasteiger partial charge in [-0.05, 0) is 118 Å². The van der Waals surface area contributed by atoms with Crippen LogP contribution in [0.1, 0.15) is 95.4 Å². The number of hydrogen-bond donors (Lipinski definition) is 0. The van der Waals surface area contributed by atoms with Gasteiger partial charge in [-0.15, -0.1) is 11.3 Å². The summed E-state index contributed by atoms with van der Waals surface area (Å²) in [7, 11) is 0. The molecule has 0 N–H and O–H groups in total. The van der Waals surface area contributed by atoms with E-state index in [2.05, 4.69) is 178 Å². The Balaban J connectivity index is 1.22. The summed E-state index contributed by atoms with van der Waals surface area (Å²) in [5, 5.41) is 2.75. The van der Waals surface area contributed by atoms with Crippen molar-refractivity contribution in [3.8, 4) is 33.4 Å². The van der Waals surface area contributed by atoms with Gasteiger partial charge in [0.25, 0.3) is 0 Å². The highest BCUT2D eigenvalue weighted by atomic mass is 32.1. The van der Waals surface area contributed by atoms with Gasteiger partial charge in [0.1, 0.15) is 0 Å². The number of rotatable bonds is 5. The van der Waals surface area contributed by atoms with Crippen LogP contribution in [0.4, 0.5) is 22.7 Å². The fraction of sp³-hybridized carbons (Fsp3) is 0.263. The summed E-state index contributed by atoms with van der Waals surface area (Å²) < 4.78 is 2.80. The Morgan fingerprint density at radius 2 is 1.38 bits per heavy atom. The molecule has 1 saturated carbocycles. The second-order valence-electron chi connectivity index (χ2n) is 19.7. The van der Waals surface area contributed by atoms with Crippen molar-refractivity contribution in [1.29, 1.82) is 0 Å². The molecule has 0 spiro atoms. The third-order valence-corrected chi connectivity index (χ3v) is 17.6. The van der Waals surface area contributed by atoms with Gasteiger partial charge in [0, 0.05) is 64.7 Å². The summed E-state index contributed by atoms with van der Waals surface area (Å²) in [5.74, 6) is 0. The van der Waals surface area contributed by atoms with Gasteiger partial charge in [0.2, 0.25) is 0 Å².